The number of fused-ring (bicyclic) bond motifs is 3. The first kappa shape index (κ1) is 29.5. The van der Waals surface area contributed by atoms with Gasteiger partial charge in [0, 0.05) is 0 Å². The molecule has 3 aromatic rings. The Balaban J connectivity index is 1.69. The third kappa shape index (κ3) is 5.46. The van der Waals surface area contributed by atoms with Crippen LogP contribution in [-0.2, 0) is 38.0 Å². The number of hydrogen-bond donors (Lipinski definition) is 1. The average Bonchev–Trinajstić information content (AvgIpc) is 3.45. The molecular formula is C25H27Cl2N4O6S2Se+. The normalized spacial score (nSPS) is 21.4. The fraction of sp³-hybridized carbons (Fsp3) is 0.360. The minimum absolute atomic E-state index is 0.0969. The molecule has 1 aromatic heterocycles. The molecule has 2 atom stereocenters. The second-order valence-electron chi connectivity index (χ2n) is 9.99. The van der Waals surface area contributed by atoms with Gasteiger partial charge in [-0.05, 0) is 0 Å². The summed E-state index contributed by atoms with van der Waals surface area (Å²) in [6, 6.07) is 9.00. The molecular weight excluding hydrogens is 666 g/mol. The molecule has 0 bridgehead atoms. The molecule has 1 fully saturated rings. The molecule has 1 amide bonds. The second kappa shape index (κ2) is 10.4. The number of carbonyl (C=O) groups is 1. The Bertz CT molecular complexity index is 1820. The number of aryl methyl sites for hydroxylation is 3. The molecule has 2 aromatic carbocycles. The van der Waals surface area contributed by atoms with E-state index in [0.29, 0.717) is 23.1 Å². The summed E-state index contributed by atoms with van der Waals surface area (Å²) in [5.74, 6) is -0.327. The maximum absolute atomic E-state index is 13.1. The van der Waals surface area contributed by atoms with Crippen LogP contribution in [-0.4, -0.2) is 71.4 Å². The van der Waals surface area contributed by atoms with E-state index in [2.05, 4.69) is 10.8 Å². The zero-order chi connectivity index (χ0) is 29.2. The van der Waals surface area contributed by atoms with Crippen molar-refractivity contribution >= 4 is 91.5 Å². The molecule has 214 valence electrons. The number of nitrogens with one attached hydrogen (secondary N) is 1. The molecule has 5 rings (SSSR count). The van der Waals surface area contributed by atoms with Crippen LogP contribution in [0.15, 0.2) is 34.9 Å². The number of imidazole rings is 1. The number of quaternary nitrogens is 1. The zero-order valence-corrected chi connectivity index (χ0v) is 26.7. The Kier molecular flexibility index (Phi) is 7.67. The molecule has 0 saturated carbocycles. The van der Waals surface area contributed by atoms with Crippen LogP contribution in [0.3, 0.4) is 0 Å². The summed E-state index contributed by atoms with van der Waals surface area (Å²) in [7, 11) is -8.14. The van der Waals surface area contributed by atoms with Crippen molar-refractivity contribution in [2.45, 2.75) is 39.4 Å². The van der Waals surface area contributed by atoms with Crippen LogP contribution >= 0.6 is 23.2 Å². The number of amides is 1. The van der Waals surface area contributed by atoms with Crippen LogP contribution in [0.25, 0.3) is 17.1 Å². The summed E-state index contributed by atoms with van der Waals surface area (Å²) in [6.07, 6.45) is 3.07. The Morgan fingerprint density at radius 1 is 1.23 bits per heavy atom. The van der Waals surface area contributed by atoms with E-state index in [9.17, 15) is 26.2 Å². The van der Waals surface area contributed by atoms with E-state index < -0.39 is 37.8 Å². The molecule has 2 aliphatic heterocycles. The molecule has 0 radical (unpaired) electrons. The van der Waals surface area contributed by atoms with Gasteiger partial charge in [0.25, 0.3) is 0 Å². The number of sulfonamides is 1. The van der Waals surface area contributed by atoms with Gasteiger partial charge >= 0.3 is 250 Å². The Hall–Kier alpha value is -1.96. The fourth-order valence-electron chi connectivity index (χ4n) is 5.34. The SMILES string of the molecule is CCn1c(C=C2[Se]c3ccc(C)cc3[N+]23CC3C(=O)NS(C)(=O)=O)[n+](CCCS(=O)(=O)[O-])c2cc(Cl)c(Cl)cc21. The Labute approximate surface area is 249 Å². The predicted octanol–water partition coefficient (Wildman–Crippen LogP) is 1.61. The summed E-state index contributed by atoms with van der Waals surface area (Å²) >= 11 is 12.6. The van der Waals surface area contributed by atoms with Crippen molar-refractivity contribution in [3.63, 3.8) is 0 Å². The quantitative estimate of drug-likeness (QED) is 0.126. The predicted molar refractivity (Wildman–Crippen MR) is 155 cm³/mol. The third-order valence-corrected chi connectivity index (χ3v) is 11.7. The summed E-state index contributed by atoms with van der Waals surface area (Å²) in [4.78, 5) is 13.1. The van der Waals surface area contributed by atoms with Crippen molar-refractivity contribution < 1.29 is 30.7 Å². The first-order valence-corrected chi connectivity index (χ1v) is 18.3. The van der Waals surface area contributed by atoms with E-state index in [-0.39, 0.29) is 32.4 Å². The van der Waals surface area contributed by atoms with Crippen molar-refractivity contribution in [3.05, 3.63) is 56.4 Å². The van der Waals surface area contributed by atoms with Gasteiger partial charge in [-0.3, -0.25) is 0 Å². The van der Waals surface area contributed by atoms with Gasteiger partial charge in [-0.1, -0.05) is 0 Å². The van der Waals surface area contributed by atoms with Crippen LogP contribution in [0, 0.1) is 6.92 Å². The first-order valence-electron chi connectivity index (χ1n) is 12.4. The summed E-state index contributed by atoms with van der Waals surface area (Å²) in [5, 5.41) is 0.710. The zero-order valence-electron chi connectivity index (χ0n) is 21.8. The Morgan fingerprint density at radius 2 is 1.93 bits per heavy atom. The number of carbonyl (C=O) groups excluding carboxylic acids is 1. The van der Waals surface area contributed by atoms with E-state index in [1.54, 1.807) is 12.1 Å². The van der Waals surface area contributed by atoms with E-state index in [1.165, 1.54) is 0 Å². The average molecular weight is 694 g/mol. The number of hydrogen-bond acceptors (Lipinski definition) is 6. The number of nitrogens with zero attached hydrogens (tertiary/aromatic N) is 3. The van der Waals surface area contributed by atoms with E-state index in [0.717, 1.165) is 43.4 Å². The maximum atomic E-state index is 13.1. The number of rotatable bonds is 8. The number of aromatic nitrogens is 2. The summed E-state index contributed by atoms with van der Waals surface area (Å²) in [6.45, 7) is 5.15. The molecule has 15 heteroatoms. The molecule has 1 N–H and O–H groups in total. The van der Waals surface area contributed by atoms with Gasteiger partial charge in [-0.15, -0.1) is 0 Å². The molecule has 10 nitrogen and oxygen atoms in total. The number of benzene rings is 2. The fourth-order valence-corrected chi connectivity index (χ4v) is 9.40. The van der Waals surface area contributed by atoms with Gasteiger partial charge < -0.3 is 0 Å². The molecule has 1 saturated heterocycles. The van der Waals surface area contributed by atoms with Crippen molar-refractivity contribution in [2.24, 2.45) is 0 Å². The van der Waals surface area contributed by atoms with Crippen molar-refractivity contribution in [1.29, 1.82) is 0 Å². The summed E-state index contributed by atoms with van der Waals surface area (Å²) < 4.78 is 66.2. The molecule has 1 spiro atoms. The molecule has 2 unspecified atom stereocenters. The summed E-state index contributed by atoms with van der Waals surface area (Å²) in [5.41, 5.74) is 3.53. The van der Waals surface area contributed by atoms with Crippen molar-refractivity contribution in [2.75, 3.05) is 18.6 Å². The Morgan fingerprint density at radius 3 is 2.58 bits per heavy atom. The topological polar surface area (TPSA) is 129 Å². The van der Waals surface area contributed by atoms with Crippen molar-refractivity contribution in [3.8, 4) is 0 Å². The van der Waals surface area contributed by atoms with Crippen LogP contribution in [0.1, 0.15) is 24.7 Å². The standard InChI is InChI=1S/C25H26Cl2N4O6S2Se/c1-4-29-18-11-16(26)17(27)12-19(18)30(8-5-9-39(35,36)37)23(29)13-24-31(14-21(31)25(32)28-38(3,33)34)20-10-15(2)6-7-22(20)40-24/h6-7,10-13,21H,4-5,8-9,14H2,1-3H3/p+1. The van der Waals surface area contributed by atoms with E-state index in [1.807, 2.05) is 41.2 Å². The monoisotopic (exact) mass is 693 g/mol. The van der Waals surface area contributed by atoms with Crippen molar-refractivity contribution in [1.82, 2.24) is 13.8 Å². The van der Waals surface area contributed by atoms with Gasteiger partial charge in [-0.2, -0.15) is 0 Å². The van der Waals surface area contributed by atoms with Crippen LogP contribution in [0.5, 0.6) is 0 Å². The van der Waals surface area contributed by atoms with Crippen LogP contribution < -0.4 is 18.2 Å². The first-order chi connectivity index (χ1) is 18.6. The van der Waals surface area contributed by atoms with Gasteiger partial charge in [0.1, 0.15) is 0 Å². The second-order valence-corrected chi connectivity index (χ2v) is 16.3. The minimum atomic E-state index is -4.40. The van der Waals surface area contributed by atoms with E-state index in [4.69, 9.17) is 23.2 Å². The van der Waals surface area contributed by atoms with Gasteiger partial charge in [0.2, 0.25) is 0 Å². The van der Waals surface area contributed by atoms with Gasteiger partial charge in [0.05, 0.1) is 0 Å². The van der Waals surface area contributed by atoms with Crippen LogP contribution in [0.4, 0.5) is 5.69 Å². The number of halogens is 2. The van der Waals surface area contributed by atoms with Gasteiger partial charge in [0.15, 0.2) is 0 Å². The third-order valence-electron chi connectivity index (χ3n) is 7.10. The van der Waals surface area contributed by atoms with Crippen LogP contribution in [0.2, 0.25) is 10.0 Å². The van der Waals surface area contributed by atoms with E-state index >= 15 is 0 Å². The molecule has 2 aliphatic rings. The molecule has 0 aliphatic carbocycles. The van der Waals surface area contributed by atoms with Gasteiger partial charge in [-0.25, -0.2) is 0 Å². The molecule has 3 heterocycles. The molecule has 40 heavy (non-hydrogen) atoms.